The molecule has 1 aromatic rings. The molecule has 1 fully saturated rings. The summed E-state index contributed by atoms with van der Waals surface area (Å²) in [5.74, 6) is -0.596. The van der Waals surface area contributed by atoms with Gasteiger partial charge in [0.1, 0.15) is 11.9 Å². The van der Waals surface area contributed by atoms with Crippen LogP contribution in [0.1, 0.15) is 12.2 Å². The van der Waals surface area contributed by atoms with E-state index in [0.717, 1.165) is 16.4 Å². The molecular formula is C9H12N4O4S. The Labute approximate surface area is 106 Å². The molecule has 3 N–H and O–H groups in total. The number of amides is 2. The molecule has 0 aliphatic carbocycles. The third-order valence-electron chi connectivity index (χ3n) is 2.57. The number of carboxylic acid groups (broad SMARTS) is 1. The number of aliphatic hydroxyl groups excluding tert-OH is 1. The SMILES string of the molecule is Cc1nsc(NC(=O)N2C[C@H](O)C[C@@H]2C(=O)O)n1. The number of carbonyl (C=O) groups is 2. The van der Waals surface area contributed by atoms with E-state index in [1.807, 2.05) is 0 Å². The number of rotatable bonds is 2. The van der Waals surface area contributed by atoms with Gasteiger partial charge in [-0.2, -0.15) is 4.37 Å². The van der Waals surface area contributed by atoms with Crippen molar-refractivity contribution in [1.82, 2.24) is 14.3 Å². The molecule has 9 heteroatoms. The number of nitrogens with zero attached hydrogens (tertiary/aromatic N) is 3. The fraction of sp³-hybridized carbons (Fsp3) is 0.556. The smallest absolute Gasteiger partial charge is 0.326 e. The van der Waals surface area contributed by atoms with Gasteiger partial charge < -0.3 is 15.1 Å². The predicted molar refractivity (Wildman–Crippen MR) is 62.4 cm³/mol. The van der Waals surface area contributed by atoms with Crippen LogP contribution in [-0.2, 0) is 4.79 Å². The maximum atomic E-state index is 11.9. The van der Waals surface area contributed by atoms with Gasteiger partial charge in [-0.15, -0.1) is 0 Å². The van der Waals surface area contributed by atoms with E-state index in [1.54, 1.807) is 6.92 Å². The number of β-amino-alcohol motifs (C(OH)–C–C–N with tert-alkyl or cyclic N) is 1. The second-order valence-electron chi connectivity index (χ2n) is 3.97. The molecule has 0 bridgehead atoms. The zero-order valence-electron chi connectivity index (χ0n) is 9.53. The van der Waals surface area contributed by atoms with E-state index in [-0.39, 0.29) is 13.0 Å². The normalized spacial score (nSPS) is 23.1. The van der Waals surface area contributed by atoms with Crippen molar-refractivity contribution in [2.24, 2.45) is 0 Å². The average Bonchev–Trinajstić information content (AvgIpc) is 2.85. The van der Waals surface area contributed by atoms with Gasteiger partial charge in [0.25, 0.3) is 0 Å². The number of hydrogen-bond acceptors (Lipinski definition) is 6. The predicted octanol–water partition coefficient (Wildman–Crippen LogP) is -0.102. The van der Waals surface area contributed by atoms with Crippen LogP contribution in [0.15, 0.2) is 0 Å². The summed E-state index contributed by atoms with van der Waals surface area (Å²) in [6.45, 7) is 1.69. The van der Waals surface area contributed by atoms with Gasteiger partial charge in [0.05, 0.1) is 6.10 Å². The number of aryl methyl sites for hydroxylation is 1. The van der Waals surface area contributed by atoms with Crippen LogP contribution in [0.2, 0.25) is 0 Å². The number of likely N-dealkylation sites (tertiary alicyclic amines) is 1. The first kappa shape index (κ1) is 12.7. The summed E-state index contributed by atoms with van der Waals surface area (Å²) in [6, 6.07) is -1.59. The number of urea groups is 1. The number of carboxylic acids is 1. The second kappa shape index (κ2) is 4.86. The van der Waals surface area contributed by atoms with Crippen LogP contribution < -0.4 is 5.32 Å². The molecule has 0 spiro atoms. The summed E-state index contributed by atoms with van der Waals surface area (Å²) in [6.07, 6.45) is -0.772. The monoisotopic (exact) mass is 272 g/mol. The molecule has 18 heavy (non-hydrogen) atoms. The molecule has 1 aromatic heterocycles. The Morgan fingerprint density at radius 3 is 2.83 bits per heavy atom. The van der Waals surface area contributed by atoms with Gasteiger partial charge in [-0.25, -0.2) is 14.6 Å². The highest BCUT2D eigenvalue weighted by Gasteiger charge is 2.39. The molecule has 2 heterocycles. The van der Waals surface area contributed by atoms with Gasteiger partial charge in [-0.05, 0) is 6.92 Å². The molecule has 0 radical (unpaired) electrons. The van der Waals surface area contributed by atoms with E-state index in [4.69, 9.17) is 5.11 Å². The van der Waals surface area contributed by atoms with Gasteiger partial charge in [0.15, 0.2) is 0 Å². The lowest BCUT2D eigenvalue weighted by Crippen LogP contribution is -2.43. The molecule has 0 aromatic carbocycles. The Morgan fingerprint density at radius 2 is 2.28 bits per heavy atom. The molecule has 2 atom stereocenters. The van der Waals surface area contributed by atoms with Crippen molar-refractivity contribution >= 4 is 28.7 Å². The highest BCUT2D eigenvalue weighted by molar-refractivity contribution is 7.09. The lowest BCUT2D eigenvalue weighted by atomic mass is 10.2. The molecule has 2 amide bonds. The van der Waals surface area contributed by atoms with E-state index >= 15 is 0 Å². The number of hydrogen-bond donors (Lipinski definition) is 3. The third kappa shape index (κ3) is 2.57. The van der Waals surface area contributed by atoms with Crippen molar-refractivity contribution < 1.29 is 19.8 Å². The summed E-state index contributed by atoms with van der Waals surface area (Å²) in [4.78, 5) is 27.9. The number of aliphatic carboxylic acids is 1. The molecule has 1 aliphatic rings. The van der Waals surface area contributed by atoms with Crippen LogP contribution in [0.4, 0.5) is 9.93 Å². The van der Waals surface area contributed by atoms with Crippen molar-refractivity contribution in [2.45, 2.75) is 25.5 Å². The van der Waals surface area contributed by atoms with Gasteiger partial charge in [0.2, 0.25) is 5.13 Å². The van der Waals surface area contributed by atoms with E-state index < -0.39 is 24.1 Å². The zero-order chi connectivity index (χ0) is 13.3. The van der Waals surface area contributed by atoms with Crippen molar-refractivity contribution in [3.63, 3.8) is 0 Å². The first-order chi connectivity index (χ1) is 8.47. The quantitative estimate of drug-likeness (QED) is 0.692. The third-order valence-corrected chi connectivity index (χ3v) is 3.29. The Balaban J connectivity index is 2.06. The summed E-state index contributed by atoms with van der Waals surface area (Å²) in [5.41, 5.74) is 0. The van der Waals surface area contributed by atoms with Crippen molar-refractivity contribution in [3.8, 4) is 0 Å². The van der Waals surface area contributed by atoms with Crippen LogP contribution in [0.3, 0.4) is 0 Å². The fourth-order valence-corrected chi connectivity index (χ4v) is 2.35. The Morgan fingerprint density at radius 1 is 1.56 bits per heavy atom. The Bertz CT molecular complexity index is 477. The van der Waals surface area contributed by atoms with Crippen LogP contribution in [0, 0.1) is 6.92 Å². The lowest BCUT2D eigenvalue weighted by Gasteiger charge is -2.20. The first-order valence-corrected chi connectivity index (χ1v) is 6.03. The molecule has 2 rings (SSSR count). The van der Waals surface area contributed by atoms with E-state index in [2.05, 4.69) is 14.7 Å². The lowest BCUT2D eigenvalue weighted by molar-refractivity contribution is -0.141. The summed E-state index contributed by atoms with van der Waals surface area (Å²) in [7, 11) is 0. The molecule has 1 aliphatic heterocycles. The molecule has 98 valence electrons. The zero-order valence-corrected chi connectivity index (χ0v) is 10.3. The number of anilines is 1. The van der Waals surface area contributed by atoms with Crippen LogP contribution in [0.25, 0.3) is 0 Å². The molecule has 0 unspecified atom stereocenters. The standard InChI is InChI=1S/C9H12N4O4S/c1-4-10-8(18-12-4)11-9(17)13-3-5(14)2-6(13)7(15)16/h5-6,14H,2-3H2,1H3,(H,15,16)(H,10,11,12,17)/t5-,6-/m1/s1. The van der Waals surface area contributed by atoms with Gasteiger partial charge in [0, 0.05) is 24.5 Å². The minimum absolute atomic E-state index is 0.000581. The number of nitrogens with one attached hydrogen (secondary N) is 1. The molecule has 1 saturated heterocycles. The van der Waals surface area contributed by atoms with E-state index in [9.17, 15) is 14.7 Å². The molecular weight excluding hydrogens is 260 g/mol. The molecule has 8 nitrogen and oxygen atoms in total. The highest BCUT2D eigenvalue weighted by Crippen LogP contribution is 2.20. The van der Waals surface area contributed by atoms with Gasteiger partial charge in [-0.1, -0.05) is 0 Å². The summed E-state index contributed by atoms with van der Waals surface area (Å²) < 4.78 is 3.90. The van der Waals surface area contributed by atoms with Crippen molar-refractivity contribution in [1.29, 1.82) is 0 Å². The fourth-order valence-electron chi connectivity index (χ4n) is 1.78. The number of aliphatic hydroxyl groups is 1. The first-order valence-electron chi connectivity index (χ1n) is 5.26. The van der Waals surface area contributed by atoms with Crippen molar-refractivity contribution in [3.05, 3.63) is 5.82 Å². The number of aromatic nitrogens is 2. The average molecular weight is 272 g/mol. The van der Waals surface area contributed by atoms with Gasteiger partial charge in [-0.3, -0.25) is 5.32 Å². The van der Waals surface area contributed by atoms with Crippen molar-refractivity contribution in [2.75, 3.05) is 11.9 Å². The maximum Gasteiger partial charge on any atom is 0.326 e. The number of carbonyl (C=O) groups excluding carboxylic acids is 1. The van der Waals surface area contributed by atoms with Crippen LogP contribution in [-0.4, -0.2) is 55.2 Å². The Kier molecular flexibility index (Phi) is 3.43. The van der Waals surface area contributed by atoms with E-state index in [1.165, 1.54) is 0 Å². The van der Waals surface area contributed by atoms with E-state index in [0.29, 0.717) is 11.0 Å². The molecule has 0 saturated carbocycles. The summed E-state index contributed by atoms with van der Waals surface area (Å²) >= 11 is 1.02. The summed E-state index contributed by atoms with van der Waals surface area (Å²) in [5, 5.41) is 21.2. The Hall–Kier alpha value is -1.74. The second-order valence-corrected chi connectivity index (χ2v) is 4.72. The highest BCUT2D eigenvalue weighted by atomic mass is 32.1. The maximum absolute atomic E-state index is 11.9. The minimum Gasteiger partial charge on any atom is -0.480 e. The minimum atomic E-state index is -1.13. The largest absolute Gasteiger partial charge is 0.480 e. The van der Waals surface area contributed by atoms with Crippen LogP contribution >= 0.6 is 11.5 Å². The van der Waals surface area contributed by atoms with Crippen LogP contribution in [0.5, 0.6) is 0 Å². The van der Waals surface area contributed by atoms with Gasteiger partial charge >= 0.3 is 12.0 Å². The topological polar surface area (TPSA) is 116 Å².